The molecule has 0 spiro atoms. The first-order valence-electron chi connectivity index (χ1n) is 4.90. The van der Waals surface area contributed by atoms with Crippen molar-refractivity contribution in [3.63, 3.8) is 0 Å². The van der Waals surface area contributed by atoms with Crippen LogP contribution in [0.3, 0.4) is 0 Å². The third-order valence-electron chi connectivity index (χ3n) is 2.84. The summed E-state index contributed by atoms with van der Waals surface area (Å²) < 4.78 is 0. The van der Waals surface area contributed by atoms with E-state index in [-0.39, 0.29) is 0 Å². The van der Waals surface area contributed by atoms with Crippen LogP contribution in [-0.4, -0.2) is 17.8 Å². The second-order valence-corrected chi connectivity index (χ2v) is 6.39. The van der Waals surface area contributed by atoms with Crippen molar-refractivity contribution < 1.29 is 4.79 Å². The molecule has 1 fully saturated rings. The maximum absolute atomic E-state index is 11.1. The topological polar surface area (TPSA) is 17.1 Å². The van der Waals surface area contributed by atoms with Gasteiger partial charge in [0.05, 0.1) is 0 Å². The molecule has 0 aliphatic heterocycles. The van der Waals surface area contributed by atoms with E-state index in [1.54, 1.807) is 6.92 Å². The average Bonchev–Trinajstić information content (AvgIpc) is 2.15. The maximum Gasteiger partial charge on any atom is 0.132 e. The SMILES string of the molecule is CSSCC1CCC(C(C)=O)CC1. The van der Waals surface area contributed by atoms with Gasteiger partial charge in [-0.15, -0.1) is 0 Å². The number of hydrogen-bond donors (Lipinski definition) is 0. The van der Waals surface area contributed by atoms with E-state index in [4.69, 9.17) is 0 Å². The summed E-state index contributed by atoms with van der Waals surface area (Å²) in [5.74, 6) is 2.92. The monoisotopic (exact) mass is 218 g/mol. The van der Waals surface area contributed by atoms with Gasteiger partial charge in [-0.3, -0.25) is 4.79 Å². The first-order chi connectivity index (χ1) is 6.24. The molecule has 0 aromatic carbocycles. The molecule has 3 heteroatoms. The lowest BCUT2D eigenvalue weighted by molar-refractivity contribution is -0.121. The quantitative estimate of drug-likeness (QED) is 0.673. The van der Waals surface area contributed by atoms with E-state index in [9.17, 15) is 4.79 Å². The first kappa shape index (κ1) is 11.4. The van der Waals surface area contributed by atoms with Crippen LogP contribution in [0, 0.1) is 11.8 Å². The standard InChI is InChI=1S/C10H18OS2/c1-8(11)10-5-3-9(4-6-10)7-13-12-2/h9-10H,3-7H2,1-2H3. The predicted molar refractivity (Wildman–Crippen MR) is 62.1 cm³/mol. The highest BCUT2D eigenvalue weighted by Gasteiger charge is 2.23. The fourth-order valence-corrected chi connectivity index (χ4v) is 3.55. The third kappa shape index (κ3) is 3.94. The minimum absolute atomic E-state index is 0.385. The van der Waals surface area contributed by atoms with Gasteiger partial charge in [0, 0.05) is 11.7 Å². The Balaban J connectivity index is 2.18. The van der Waals surface area contributed by atoms with Crippen molar-refractivity contribution in [2.24, 2.45) is 11.8 Å². The summed E-state index contributed by atoms with van der Waals surface area (Å²) in [5, 5.41) is 0. The second-order valence-electron chi connectivity index (χ2n) is 3.78. The zero-order chi connectivity index (χ0) is 9.68. The van der Waals surface area contributed by atoms with E-state index in [0.29, 0.717) is 11.7 Å². The van der Waals surface area contributed by atoms with Gasteiger partial charge >= 0.3 is 0 Å². The van der Waals surface area contributed by atoms with Gasteiger partial charge in [-0.1, -0.05) is 21.6 Å². The summed E-state index contributed by atoms with van der Waals surface area (Å²) >= 11 is 0. The molecule has 0 atom stereocenters. The molecule has 1 aliphatic rings. The van der Waals surface area contributed by atoms with Gasteiger partial charge < -0.3 is 0 Å². The summed E-state index contributed by atoms with van der Waals surface area (Å²) in [4.78, 5) is 11.1. The lowest BCUT2D eigenvalue weighted by atomic mass is 9.81. The summed E-state index contributed by atoms with van der Waals surface area (Å²) in [6, 6.07) is 0. The van der Waals surface area contributed by atoms with Crippen LogP contribution in [0.4, 0.5) is 0 Å². The lowest BCUT2D eigenvalue weighted by Crippen LogP contribution is -2.20. The molecule has 1 nitrogen and oxygen atoms in total. The van der Waals surface area contributed by atoms with E-state index >= 15 is 0 Å². The molecular weight excluding hydrogens is 200 g/mol. The lowest BCUT2D eigenvalue weighted by Gasteiger charge is -2.26. The Hall–Kier alpha value is 0.370. The van der Waals surface area contributed by atoms with Gasteiger partial charge in [0.15, 0.2) is 0 Å². The highest BCUT2D eigenvalue weighted by molar-refractivity contribution is 8.76. The van der Waals surface area contributed by atoms with Gasteiger partial charge in [0.1, 0.15) is 5.78 Å². The van der Waals surface area contributed by atoms with Crippen molar-refractivity contribution in [1.82, 2.24) is 0 Å². The molecule has 0 amide bonds. The molecule has 1 saturated carbocycles. The zero-order valence-corrected chi connectivity index (χ0v) is 10.0. The van der Waals surface area contributed by atoms with Crippen LogP contribution in [0.2, 0.25) is 0 Å². The van der Waals surface area contributed by atoms with Crippen molar-refractivity contribution >= 4 is 27.4 Å². The Morgan fingerprint density at radius 3 is 2.38 bits per heavy atom. The molecule has 76 valence electrons. The fraction of sp³-hybridized carbons (Fsp3) is 0.900. The van der Waals surface area contributed by atoms with E-state index in [1.807, 2.05) is 21.6 Å². The summed E-state index contributed by atoms with van der Waals surface area (Å²) in [6.45, 7) is 1.74. The Morgan fingerprint density at radius 2 is 1.92 bits per heavy atom. The minimum atomic E-state index is 0.385. The highest BCUT2D eigenvalue weighted by atomic mass is 33.1. The van der Waals surface area contributed by atoms with Crippen LogP contribution < -0.4 is 0 Å². The molecule has 0 heterocycles. The largest absolute Gasteiger partial charge is 0.300 e. The molecule has 13 heavy (non-hydrogen) atoms. The molecule has 0 aromatic rings. The van der Waals surface area contributed by atoms with Crippen LogP contribution in [0.1, 0.15) is 32.6 Å². The first-order valence-corrected chi connectivity index (χ1v) is 7.62. The minimum Gasteiger partial charge on any atom is -0.300 e. The predicted octanol–water partition coefficient (Wildman–Crippen LogP) is 3.39. The van der Waals surface area contributed by atoms with Crippen molar-refractivity contribution in [3.8, 4) is 0 Å². The smallest absolute Gasteiger partial charge is 0.132 e. The van der Waals surface area contributed by atoms with Crippen LogP contribution in [0.25, 0.3) is 0 Å². The van der Waals surface area contributed by atoms with Gasteiger partial charge in [-0.25, -0.2) is 0 Å². The number of ketones is 1. The van der Waals surface area contributed by atoms with Gasteiger partial charge in [-0.2, -0.15) is 0 Å². The summed E-state index contributed by atoms with van der Waals surface area (Å²) in [6.07, 6.45) is 6.92. The van der Waals surface area contributed by atoms with Crippen LogP contribution in [-0.2, 0) is 4.79 Å². The third-order valence-corrected chi connectivity index (χ3v) is 4.80. The van der Waals surface area contributed by atoms with Gasteiger partial charge in [-0.05, 0) is 44.8 Å². The van der Waals surface area contributed by atoms with E-state index < -0.39 is 0 Å². The number of rotatable bonds is 4. The maximum atomic E-state index is 11.1. The van der Waals surface area contributed by atoms with E-state index in [1.165, 1.54) is 18.6 Å². The molecular formula is C10H18OS2. The van der Waals surface area contributed by atoms with Crippen LogP contribution in [0.15, 0.2) is 0 Å². The Kier molecular flexibility index (Phi) is 5.25. The highest BCUT2D eigenvalue weighted by Crippen LogP contribution is 2.33. The summed E-state index contributed by atoms with van der Waals surface area (Å²) in [5.41, 5.74) is 0. The summed E-state index contributed by atoms with van der Waals surface area (Å²) in [7, 11) is 3.81. The molecule has 0 unspecified atom stereocenters. The number of carbonyl (C=O) groups excluding carboxylic acids is 1. The Bertz CT molecular complexity index is 162. The van der Waals surface area contributed by atoms with E-state index in [0.717, 1.165) is 18.8 Å². The van der Waals surface area contributed by atoms with Crippen LogP contribution in [0.5, 0.6) is 0 Å². The molecule has 0 radical (unpaired) electrons. The zero-order valence-electron chi connectivity index (χ0n) is 8.41. The average molecular weight is 218 g/mol. The van der Waals surface area contributed by atoms with E-state index in [2.05, 4.69) is 6.26 Å². The van der Waals surface area contributed by atoms with Gasteiger partial charge in [0.25, 0.3) is 0 Å². The second kappa shape index (κ2) is 5.97. The molecule has 0 N–H and O–H groups in total. The van der Waals surface area contributed by atoms with Gasteiger partial charge in [0.2, 0.25) is 0 Å². The fourth-order valence-electron chi connectivity index (χ4n) is 1.90. The number of carbonyl (C=O) groups is 1. The Labute approximate surface area is 88.8 Å². The van der Waals surface area contributed by atoms with Crippen molar-refractivity contribution in [2.45, 2.75) is 32.6 Å². The molecule has 1 aliphatic carbocycles. The molecule has 1 rings (SSSR count). The molecule has 0 bridgehead atoms. The van der Waals surface area contributed by atoms with Crippen molar-refractivity contribution in [1.29, 1.82) is 0 Å². The van der Waals surface area contributed by atoms with Crippen LogP contribution >= 0.6 is 21.6 Å². The molecule has 0 aromatic heterocycles. The van der Waals surface area contributed by atoms with Crippen molar-refractivity contribution in [3.05, 3.63) is 0 Å². The Morgan fingerprint density at radius 1 is 1.31 bits per heavy atom. The number of Topliss-reactive ketones (excluding diaryl/α,β-unsaturated/α-hetero) is 1. The van der Waals surface area contributed by atoms with Crippen molar-refractivity contribution in [2.75, 3.05) is 12.0 Å². The normalized spacial score (nSPS) is 28.8. The molecule has 0 saturated heterocycles. The number of hydrogen-bond acceptors (Lipinski definition) is 3.